The number of benzene rings is 1. The summed E-state index contributed by atoms with van der Waals surface area (Å²) in [5.74, 6) is 1.10. The van der Waals surface area contributed by atoms with E-state index in [-0.39, 0.29) is 5.84 Å². The summed E-state index contributed by atoms with van der Waals surface area (Å²) in [6.07, 6.45) is 0.575. The molecule has 1 atom stereocenters. The standard InChI is InChI=1S/C11H15ClN2OS/c1-8(6-11(13)14-15)16-7-9-4-2-3-5-10(9)12/h2-5,8,15H,6-7H2,1H3,(H2,13,14). The van der Waals surface area contributed by atoms with Crippen LogP contribution in [0.4, 0.5) is 0 Å². The summed E-state index contributed by atoms with van der Waals surface area (Å²) in [5.41, 5.74) is 6.54. The van der Waals surface area contributed by atoms with Crippen molar-refractivity contribution in [3.05, 3.63) is 34.9 Å². The number of nitrogens with two attached hydrogens (primary N) is 1. The maximum Gasteiger partial charge on any atom is 0.140 e. The Balaban J connectivity index is 2.43. The monoisotopic (exact) mass is 258 g/mol. The lowest BCUT2D eigenvalue weighted by Crippen LogP contribution is -2.16. The van der Waals surface area contributed by atoms with E-state index in [4.69, 9.17) is 22.5 Å². The highest BCUT2D eigenvalue weighted by molar-refractivity contribution is 7.99. The van der Waals surface area contributed by atoms with Gasteiger partial charge in [-0.2, -0.15) is 11.8 Å². The first-order valence-corrected chi connectivity index (χ1v) is 6.37. The maximum absolute atomic E-state index is 8.45. The molecule has 0 radical (unpaired) electrons. The largest absolute Gasteiger partial charge is 0.409 e. The zero-order valence-corrected chi connectivity index (χ0v) is 10.6. The van der Waals surface area contributed by atoms with Gasteiger partial charge in [0.05, 0.1) is 0 Å². The lowest BCUT2D eigenvalue weighted by Gasteiger charge is -2.10. The fourth-order valence-corrected chi connectivity index (χ4v) is 2.53. The van der Waals surface area contributed by atoms with Crippen LogP contribution in [0, 0.1) is 0 Å². The molecule has 0 bridgehead atoms. The molecule has 16 heavy (non-hydrogen) atoms. The number of halogens is 1. The minimum absolute atomic E-state index is 0.263. The number of rotatable bonds is 5. The fraction of sp³-hybridized carbons (Fsp3) is 0.364. The van der Waals surface area contributed by atoms with Gasteiger partial charge in [0.15, 0.2) is 0 Å². The SMILES string of the molecule is CC(C/C(N)=N/O)SCc1ccccc1Cl. The highest BCUT2D eigenvalue weighted by Crippen LogP contribution is 2.24. The quantitative estimate of drug-likeness (QED) is 0.369. The summed E-state index contributed by atoms with van der Waals surface area (Å²) >= 11 is 7.77. The van der Waals surface area contributed by atoms with Gasteiger partial charge >= 0.3 is 0 Å². The van der Waals surface area contributed by atoms with E-state index in [9.17, 15) is 0 Å². The summed E-state index contributed by atoms with van der Waals surface area (Å²) in [4.78, 5) is 0. The van der Waals surface area contributed by atoms with E-state index in [1.54, 1.807) is 11.8 Å². The molecule has 0 aliphatic rings. The first kappa shape index (κ1) is 13.2. The van der Waals surface area contributed by atoms with Gasteiger partial charge in [0.2, 0.25) is 0 Å². The van der Waals surface area contributed by atoms with Crippen LogP contribution in [0.1, 0.15) is 18.9 Å². The Morgan fingerprint density at radius 1 is 1.56 bits per heavy atom. The first-order chi connectivity index (χ1) is 7.63. The summed E-state index contributed by atoms with van der Waals surface area (Å²) in [6.45, 7) is 2.04. The average Bonchev–Trinajstić information content (AvgIpc) is 2.28. The second kappa shape index (κ2) is 6.66. The highest BCUT2D eigenvalue weighted by Gasteiger charge is 2.07. The Hall–Kier alpha value is -0.870. The molecule has 0 saturated carbocycles. The number of amidine groups is 1. The topological polar surface area (TPSA) is 58.6 Å². The Morgan fingerprint density at radius 3 is 2.88 bits per heavy atom. The second-order valence-corrected chi connectivity index (χ2v) is 5.34. The van der Waals surface area contributed by atoms with Crippen LogP contribution in [0.25, 0.3) is 0 Å². The molecule has 1 aromatic carbocycles. The Bertz CT molecular complexity index is 371. The predicted molar refractivity (Wildman–Crippen MR) is 70.2 cm³/mol. The van der Waals surface area contributed by atoms with Crippen LogP contribution in [0.15, 0.2) is 29.4 Å². The molecule has 1 unspecified atom stereocenters. The van der Waals surface area contributed by atoms with Crippen molar-refractivity contribution in [2.24, 2.45) is 10.9 Å². The minimum atomic E-state index is 0.263. The number of oxime groups is 1. The third-order valence-electron chi connectivity index (χ3n) is 2.11. The fourth-order valence-electron chi connectivity index (χ4n) is 1.24. The van der Waals surface area contributed by atoms with Gasteiger partial charge in [-0.1, -0.05) is 41.9 Å². The average molecular weight is 259 g/mol. The molecule has 0 aromatic heterocycles. The van der Waals surface area contributed by atoms with Crippen LogP contribution in [0.2, 0.25) is 5.02 Å². The molecular formula is C11H15ClN2OS. The molecule has 0 aliphatic heterocycles. The number of thioether (sulfide) groups is 1. The molecule has 5 heteroatoms. The van der Waals surface area contributed by atoms with E-state index in [0.717, 1.165) is 16.3 Å². The van der Waals surface area contributed by atoms with Gasteiger partial charge in [-0.05, 0) is 11.6 Å². The van der Waals surface area contributed by atoms with Crippen LogP contribution in [-0.4, -0.2) is 16.3 Å². The molecule has 0 spiro atoms. The molecule has 1 aromatic rings. The van der Waals surface area contributed by atoms with E-state index >= 15 is 0 Å². The van der Waals surface area contributed by atoms with Gasteiger partial charge in [0, 0.05) is 22.4 Å². The van der Waals surface area contributed by atoms with E-state index in [1.165, 1.54) is 0 Å². The first-order valence-electron chi connectivity index (χ1n) is 4.95. The number of hydrogen-bond acceptors (Lipinski definition) is 3. The van der Waals surface area contributed by atoms with Crippen LogP contribution in [-0.2, 0) is 5.75 Å². The molecule has 0 heterocycles. The Kier molecular flexibility index (Phi) is 5.49. The smallest absolute Gasteiger partial charge is 0.140 e. The number of hydrogen-bond donors (Lipinski definition) is 2. The molecule has 88 valence electrons. The zero-order chi connectivity index (χ0) is 12.0. The molecule has 0 aliphatic carbocycles. The minimum Gasteiger partial charge on any atom is -0.409 e. The predicted octanol–water partition coefficient (Wildman–Crippen LogP) is 3.10. The van der Waals surface area contributed by atoms with Gasteiger partial charge in [-0.25, -0.2) is 0 Å². The van der Waals surface area contributed by atoms with Gasteiger partial charge in [0.25, 0.3) is 0 Å². The third-order valence-corrected chi connectivity index (χ3v) is 3.69. The summed E-state index contributed by atoms with van der Waals surface area (Å²) < 4.78 is 0. The van der Waals surface area contributed by atoms with Crippen molar-refractivity contribution >= 4 is 29.2 Å². The molecule has 0 fully saturated rings. The molecule has 3 nitrogen and oxygen atoms in total. The van der Waals surface area contributed by atoms with Crippen molar-refractivity contribution in [2.75, 3.05) is 0 Å². The van der Waals surface area contributed by atoms with Gasteiger partial charge in [-0.3, -0.25) is 0 Å². The highest BCUT2D eigenvalue weighted by atomic mass is 35.5. The van der Waals surface area contributed by atoms with Crippen molar-refractivity contribution in [3.63, 3.8) is 0 Å². The van der Waals surface area contributed by atoms with Gasteiger partial charge in [-0.15, -0.1) is 0 Å². The van der Waals surface area contributed by atoms with Crippen molar-refractivity contribution in [2.45, 2.75) is 24.3 Å². The zero-order valence-electron chi connectivity index (χ0n) is 9.06. The van der Waals surface area contributed by atoms with E-state index in [1.807, 2.05) is 31.2 Å². The third kappa shape index (κ3) is 4.33. The van der Waals surface area contributed by atoms with Gasteiger partial charge < -0.3 is 10.9 Å². The molecule has 0 saturated heterocycles. The summed E-state index contributed by atoms with van der Waals surface area (Å²) in [7, 11) is 0. The van der Waals surface area contributed by atoms with Crippen molar-refractivity contribution in [1.29, 1.82) is 0 Å². The lowest BCUT2D eigenvalue weighted by molar-refractivity contribution is 0.317. The van der Waals surface area contributed by atoms with Gasteiger partial charge in [0.1, 0.15) is 5.84 Å². The molecule has 0 amide bonds. The second-order valence-electron chi connectivity index (χ2n) is 3.51. The lowest BCUT2D eigenvalue weighted by atomic mass is 10.2. The maximum atomic E-state index is 8.45. The summed E-state index contributed by atoms with van der Waals surface area (Å²) in [5, 5.41) is 12.5. The van der Waals surface area contributed by atoms with Crippen LogP contribution < -0.4 is 5.73 Å². The van der Waals surface area contributed by atoms with E-state index in [0.29, 0.717) is 11.7 Å². The Labute approximate surface area is 105 Å². The summed E-state index contributed by atoms with van der Waals surface area (Å²) in [6, 6.07) is 7.77. The van der Waals surface area contributed by atoms with Crippen LogP contribution in [0.5, 0.6) is 0 Å². The van der Waals surface area contributed by atoms with Crippen molar-refractivity contribution in [1.82, 2.24) is 0 Å². The molecular weight excluding hydrogens is 244 g/mol. The van der Waals surface area contributed by atoms with E-state index in [2.05, 4.69) is 5.16 Å². The van der Waals surface area contributed by atoms with Crippen molar-refractivity contribution < 1.29 is 5.21 Å². The number of nitrogens with zero attached hydrogens (tertiary/aromatic N) is 1. The van der Waals surface area contributed by atoms with Crippen LogP contribution >= 0.6 is 23.4 Å². The molecule has 1 rings (SSSR count). The Morgan fingerprint density at radius 2 is 2.25 bits per heavy atom. The van der Waals surface area contributed by atoms with Crippen LogP contribution in [0.3, 0.4) is 0 Å². The normalized spacial score (nSPS) is 13.8. The molecule has 3 N–H and O–H groups in total. The van der Waals surface area contributed by atoms with E-state index < -0.39 is 0 Å². The van der Waals surface area contributed by atoms with Crippen molar-refractivity contribution in [3.8, 4) is 0 Å².